The van der Waals surface area contributed by atoms with E-state index in [4.69, 9.17) is 0 Å². The number of aromatic nitrogens is 3. The molecule has 6 heteroatoms. The van der Waals surface area contributed by atoms with Gasteiger partial charge in [0.25, 0.3) is 0 Å². The Kier molecular flexibility index (Phi) is 2.95. The first-order valence-electron chi connectivity index (χ1n) is 6.30. The van der Waals surface area contributed by atoms with Crippen LogP contribution in [0.1, 0.15) is 21.5 Å². The van der Waals surface area contributed by atoms with E-state index >= 15 is 0 Å². The number of carbonyl (C=O) groups is 1. The molecule has 0 bridgehead atoms. The second kappa shape index (κ2) is 4.80. The number of H-pyrrole nitrogens is 1. The molecule has 2 aromatic heterocycles. The predicted molar refractivity (Wildman–Crippen MR) is 75.8 cm³/mol. The van der Waals surface area contributed by atoms with Crippen molar-refractivity contribution in [2.24, 2.45) is 0 Å². The summed E-state index contributed by atoms with van der Waals surface area (Å²) in [7, 11) is 1.28. The minimum Gasteiger partial charge on any atom is -0.465 e. The van der Waals surface area contributed by atoms with E-state index in [0.29, 0.717) is 11.5 Å². The van der Waals surface area contributed by atoms with Crippen LogP contribution < -0.4 is 0 Å². The molecular formula is C15H12N4O2. The number of benzene rings is 1. The molecule has 0 radical (unpaired) electrons. The largest absolute Gasteiger partial charge is 0.465 e. The molecule has 0 spiro atoms. The van der Waals surface area contributed by atoms with Crippen molar-refractivity contribution in [1.29, 1.82) is 5.26 Å². The lowest BCUT2D eigenvalue weighted by atomic mass is 10.1. The van der Waals surface area contributed by atoms with E-state index in [9.17, 15) is 10.1 Å². The highest BCUT2D eigenvalue weighted by Crippen LogP contribution is 2.22. The first kappa shape index (κ1) is 12.9. The van der Waals surface area contributed by atoms with Gasteiger partial charge in [0.2, 0.25) is 0 Å². The van der Waals surface area contributed by atoms with E-state index in [2.05, 4.69) is 14.8 Å². The number of nitriles is 1. The van der Waals surface area contributed by atoms with Gasteiger partial charge in [0.05, 0.1) is 12.7 Å². The van der Waals surface area contributed by atoms with Gasteiger partial charge in [0, 0.05) is 11.8 Å². The highest BCUT2D eigenvalue weighted by molar-refractivity contribution is 5.94. The molecule has 2 heterocycles. The number of nitrogens with zero attached hydrogens (tertiary/aromatic N) is 3. The lowest BCUT2D eigenvalue weighted by Gasteiger charge is -1.98. The van der Waals surface area contributed by atoms with Crippen LogP contribution in [0.25, 0.3) is 17.0 Å². The third-order valence-corrected chi connectivity index (χ3v) is 3.23. The Morgan fingerprint density at radius 2 is 2.29 bits per heavy atom. The monoisotopic (exact) mass is 280 g/mol. The highest BCUT2D eigenvalue weighted by Gasteiger charge is 2.20. The molecule has 3 aromatic rings. The van der Waals surface area contributed by atoms with Gasteiger partial charge < -0.3 is 4.74 Å². The Hall–Kier alpha value is -3.07. The van der Waals surface area contributed by atoms with E-state index in [1.54, 1.807) is 4.52 Å². The van der Waals surface area contributed by atoms with Crippen LogP contribution >= 0.6 is 0 Å². The Balaban J connectivity index is 2.17. The third-order valence-electron chi connectivity index (χ3n) is 3.23. The second-order valence-corrected chi connectivity index (χ2v) is 4.66. The molecule has 1 N–H and O–H groups in total. The highest BCUT2D eigenvalue weighted by atomic mass is 16.5. The standard InChI is InChI=1S/C15H12N4O2/c1-9-4-3-5-10(6-9)13-17-14-11(7-16)12(15(20)21-2)8-19(14)18-13/h3-6,8H,1-2H3,(H,17,18). The maximum absolute atomic E-state index is 11.6. The van der Waals surface area contributed by atoms with Crippen LogP contribution in [-0.2, 0) is 4.74 Å². The van der Waals surface area contributed by atoms with E-state index < -0.39 is 5.97 Å². The van der Waals surface area contributed by atoms with Crippen molar-refractivity contribution in [3.8, 4) is 17.5 Å². The van der Waals surface area contributed by atoms with Crippen LogP contribution in [0.5, 0.6) is 0 Å². The lowest BCUT2D eigenvalue weighted by molar-refractivity contribution is 0.0600. The van der Waals surface area contributed by atoms with Crippen LogP contribution in [0.2, 0.25) is 0 Å². The number of aromatic amines is 1. The smallest absolute Gasteiger partial charge is 0.340 e. The molecule has 0 atom stereocenters. The molecule has 104 valence electrons. The van der Waals surface area contributed by atoms with Crippen molar-refractivity contribution >= 4 is 11.6 Å². The van der Waals surface area contributed by atoms with Gasteiger partial charge in [-0.05, 0) is 13.0 Å². The summed E-state index contributed by atoms with van der Waals surface area (Å²) in [6.45, 7) is 2.00. The number of methoxy groups -OCH3 is 1. The van der Waals surface area contributed by atoms with Gasteiger partial charge in [0.15, 0.2) is 11.5 Å². The van der Waals surface area contributed by atoms with Gasteiger partial charge in [-0.2, -0.15) is 5.26 Å². The summed E-state index contributed by atoms with van der Waals surface area (Å²) in [6, 6.07) is 9.86. The molecule has 0 amide bonds. The Labute approximate surface area is 120 Å². The number of hydrogen-bond acceptors (Lipinski definition) is 4. The minimum absolute atomic E-state index is 0.203. The Morgan fingerprint density at radius 1 is 1.48 bits per heavy atom. The van der Waals surface area contributed by atoms with Crippen molar-refractivity contribution in [2.75, 3.05) is 7.11 Å². The quantitative estimate of drug-likeness (QED) is 0.730. The zero-order valence-electron chi connectivity index (χ0n) is 11.5. The molecule has 0 fully saturated rings. The van der Waals surface area contributed by atoms with E-state index in [1.165, 1.54) is 13.3 Å². The summed E-state index contributed by atoms with van der Waals surface area (Å²) in [6.07, 6.45) is 1.52. The van der Waals surface area contributed by atoms with Crippen LogP contribution in [0.15, 0.2) is 30.5 Å². The SMILES string of the molecule is COC(=O)c1cn2[nH]c(-c3cccc(C)c3)nc2c1C#N. The number of nitrogens with one attached hydrogen (secondary N) is 1. The molecule has 0 aliphatic rings. The summed E-state index contributed by atoms with van der Waals surface area (Å²) in [4.78, 5) is 16.0. The van der Waals surface area contributed by atoms with Crippen LogP contribution in [-0.4, -0.2) is 27.7 Å². The van der Waals surface area contributed by atoms with E-state index in [1.807, 2.05) is 37.3 Å². The summed E-state index contributed by atoms with van der Waals surface area (Å²) >= 11 is 0. The van der Waals surface area contributed by atoms with Crippen molar-refractivity contribution in [3.63, 3.8) is 0 Å². The average molecular weight is 280 g/mol. The first-order valence-corrected chi connectivity index (χ1v) is 6.30. The van der Waals surface area contributed by atoms with E-state index in [0.717, 1.165) is 11.1 Å². The van der Waals surface area contributed by atoms with Crippen molar-refractivity contribution in [3.05, 3.63) is 47.2 Å². The van der Waals surface area contributed by atoms with Gasteiger partial charge in [-0.1, -0.05) is 23.8 Å². The number of ether oxygens (including phenoxy) is 1. The number of esters is 1. The van der Waals surface area contributed by atoms with Crippen molar-refractivity contribution in [2.45, 2.75) is 6.92 Å². The molecular weight excluding hydrogens is 268 g/mol. The van der Waals surface area contributed by atoms with Crippen molar-refractivity contribution in [1.82, 2.24) is 14.6 Å². The number of carbonyl (C=O) groups excluding carboxylic acids is 1. The number of rotatable bonds is 2. The minimum atomic E-state index is -0.553. The molecule has 0 saturated carbocycles. The lowest BCUT2D eigenvalue weighted by Crippen LogP contribution is -2.01. The average Bonchev–Trinajstić information content (AvgIpc) is 3.03. The molecule has 0 unspecified atom stereocenters. The summed E-state index contributed by atoms with van der Waals surface area (Å²) in [5, 5.41) is 12.3. The van der Waals surface area contributed by atoms with Gasteiger partial charge in [0.1, 0.15) is 11.6 Å². The van der Waals surface area contributed by atoms with Crippen LogP contribution in [0.4, 0.5) is 0 Å². The zero-order valence-corrected chi connectivity index (χ0v) is 11.5. The van der Waals surface area contributed by atoms with Gasteiger partial charge in [-0.25, -0.2) is 14.3 Å². The van der Waals surface area contributed by atoms with Gasteiger partial charge in [-0.15, -0.1) is 0 Å². The van der Waals surface area contributed by atoms with Gasteiger partial charge in [-0.3, -0.25) is 5.10 Å². The molecule has 0 aliphatic carbocycles. The first-order chi connectivity index (χ1) is 10.1. The maximum atomic E-state index is 11.6. The van der Waals surface area contributed by atoms with Crippen LogP contribution in [0, 0.1) is 18.3 Å². The number of hydrogen-bond donors (Lipinski definition) is 1. The zero-order chi connectivity index (χ0) is 15.0. The fraction of sp³-hybridized carbons (Fsp3) is 0.133. The topological polar surface area (TPSA) is 83.2 Å². The molecule has 21 heavy (non-hydrogen) atoms. The Morgan fingerprint density at radius 3 is 2.95 bits per heavy atom. The predicted octanol–water partition coefficient (Wildman–Crippen LogP) is 2.30. The summed E-state index contributed by atoms with van der Waals surface area (Å²) in [5.74, 6) is 0.0872. The fourth-order valence-corrected chi connectivity index (χ4v) is 2.23. The van der Waals surface area contributed by atoms with E-state index in [-0.39, 0.29) is 11.1 Å². The van der Waals surface area contributed by atoms with Crippen LogP contribution in [0.3, 0.4) is 0 Å². The van der Waals surface area contributed by atoms with Gasteiger partial charge >= 0.3 is 5.97 Å². The Bertz CT molecular complexity index is 883. The van der Waals surface area contributed by atoms with Crippen molar-refractivity contribution < 1.29 is 9.53 Å². The summed E-state index contributed by atoms with van der Waals surface area (Å²) in [5.41, 5.74) is 2.85. The molecule has 0 aliphatic heterocycles. The third kappa shape index (κ3) is 2.05. The second-order valence-electron chi connectivity index (χ2n) is 4.66. The maximum Gasteiger partial charge on any atom is 0.340 e. The number of aryl methyl sites for hydroxylation is 1. The molecule has 3 rings (SSSR count). The summed E-state index contributed by atoms with van der Waals surface area (Å²) < 4.78 is 6.22. The number of fused-ring (bicyclic) bond motifs is 1. The fourth-order valence-electron chi connectivity index (χ4n) is 2.23. The molecule has 0 saturated heterocycles. The normalized spacial score (nSPS) is 10.5. The molecule has 6 nitrogen and oxygen atoms in total. The molecule has 1 aromatic carbocycles.